The SMILES string of the molecule is Clc1nc2ccccc2nc1[C@H](Cl)c1ccccc1. The Morgan fingerprint density at radius 1 is 0.789 bits per heavy atom. The Morgan fingerprint density at radius 2 is 1.37 bits per heavy atom. The second kappa shape index (κ2) is 5.16. The van der Waals surface area contributed by atoms with Crippen LogP contribution in [0.15, 0.2) is 54.6 Å². The van der Waals surface area contributed by atoms with Crippen LogP contribution in [0.5, 0.6) is 0 Å². The summed E-state index contributed by atoms with van der Waals surface area (Å²) < 4.78 is 0. The fraction of sp³-hybridized carbons (Fsp3) is 0.0667. The van der Waals surface area contributed by atoms with Gasteiger partial charge in [-0.25, -0.2) is 9.97 Å². The summed E-state index contributed by atoms with van der Waals surface area (Å²) in [6, 6.07) is 17.3. The third kappa shape index (κ3) is 2.42. The molecular formula is C15H10Cl2N2. The lowest BCUT2D eigenvalue weighted by Crippen LogP contribution is -2.00. The summed E-state index contributed by atoms with van der Waals surface area (Å²) in [4.78, 5) is 8.87. The van der Waals surface area contributed by atoms with Gasteiger partial charge < -0.3 is 0 Å². The van der Waals surface area contributed by atoms with Crippen molar-refractivity contribution in [2.45, 2.75) is 5.38 Å². The Balaban J connectivity index is 2.12. The molecule has 3 rings (SSSR count). The molecule has 0 amide bonds. The van der Waals surface area contributed by atoms with Gasteiger partial charge in [-0.15, -0.1) is 11.6 Å². The van der Waals surface area contributed by atoms with Crippen LogP contribution in [0.1, 0.15) is 16.6 Å². The van der Waals surface area contributed by atoms with Crippen LogP contribution < -0.4 is 0 Å². The molecule has 2 aromatic carbocycles. The monoisotopic (exact) mass is 288 g/mol. The van der Waals surface area contributed by atoms with Crippen LogP contribution in [0.2, 0.25) is 5.15 Å². The van der Waals surface area contributed by atoms with Crippen molar-refractivity contribution in [3.8, 4) is 0 Å². The maximum atomic E-state index is 6.45. The molecule has 0 aliphatic carbocycles. The predicted molar refractivity (Wildman–Crippen MR) is 78.7 cm³/mol. The highest BCUT2D eigenvalue weighted by Gasteiger charge is 2.17. The lowest BCUT2D eigenvalue weighted by molar-refractivity contribution is 1.03. The zero-order valence-corrected chi connectivity index (χ0v) is 11.4. The fourth-order valence-corrected chi connectivity index (χ4v) is 2.53. The van der Waals surface area contributed by atoms with Crippen LogP contribution in [-0.4, -0.2) is 9.97 Å². The van der Waals surface area contributed by atoms with Crippen molar-refractivity contribution >= 4 is 34.2 Å². The van der Waals surface area contributed by atoms with Gasteiger partial charge in [0.1, 0.15) is 11.1 Å². The first kappa shape index (κ1) is 12.4. The highest BCUT2D eigenvalue weighted by Crippen LogP contribution is 2.32. The molecule has 2 nitrogen and oxygen atoms in total. The molecule has 0 spiro atoms. The minimum Gasteiger partial charge on any atom is -0.246 e. The van der Waals surface area contributed by atoms with E-state index >= 15 is 0 Å². The summed E-state index contributed by atoms with van der Waals surface area (Å²) in [6.07, 6.45) is 0. The molecule has 1 atom stereocenters. The number of alkyl halides is 1. The molecule has 19 heavy (non-hydrogen) atoms. The minimum absolute atomic E-state index is 0.350. The molecule has 0 saturated carbocycles. The Labute approximate surface area is 121 Å². The average Bonchev–Trinajstić information content (AvgIpc) is 2.47. The van der Waals surface area contributed by atoms with Crippen LogP contribution in [-0.2, 0) is 0 Å². The first-order chi connectivity index (χ1) is 9.25. The maximum absolute atomic E-state index is 6.45. The number of hydrogen-bond donors (Lipinski definition) is 0. The molecule has 0 aliphatic rings. The summed E-state index contributed by atoms with van der Waals surface area (Å²) in [5, 5.41) is -0.0478. The van der Waals surface area contributed by atoms with Crippen LogP contribution >= 0.6 is 23.2 Å². The predicted octanol–water partition coefficient (Wildman–Crippen LogP) is 4.61. The highest BCUT2D eigenvalue weighted by atomic mass is 35.5. The highest BCUT2D eigenvalue weighted by molar-refractivity contribution is 6.32. The first-order valence-electron chi connectivity index (χ1n) is 5.87. The van der Waals surface area contributed by atoms with Gasteiger partial charge in [-0.3, -0.25) is 0 Å². The van der Waals surface area contributed by atoms with E-state index in [1.165, 1.54) is 0 Å². The van der Waals surface area contributed by atoms with Gasteiger partial charge in [0, 0.05) is 0 Å². The van der Waals surface area contributed by atoms with E-state index in [1.807, 2.05) is 54.6 Å². The fourth-order valence-electron chi connectivity index (χ4n) is 1.93. The summed E-state index contributed by atoms with van der Waals surface area (Å²) in [7, 11) is 0. The third-order valence-electron chi connectivity index (χ3n) is 2.88. The average molecular weight is 289 g/mol. The number of hydrogen-bond acceptors (Lipinski definition) is 2. The molecule has 1 heterocycles. The molecule has 0 unspecified atom stereocenters. The zero-order chi connectivity index (χ0) is 13.2. The molecule has 0 bridgehead atoms. The van der Waals surface area contributed by atoms with Crippen molar-refractivity contribution in [1.29, 1.82) is 0 Å². The normalized spacial score (nSPS) is 12.5. The van der Waals surface area contributed by atoms with Crippen LogP contribution in [0, 0.1) is 0 Å². The molecule has 1 aromatic heterocycles. The Morgan fingerprint density at radius 3 is 2.05 bits per heavy atom. The second-order valence-corrected chi connectivity index (χ2v) is 4.96. The molecule has 3 aromatic rings. The molecule has 0 fully saturated rings. The van der Waals surface area contributed by atoms with Gasteiger partial charge in [-0.2, -0.15) is 0 Å². The number of halogens is 2. The van der Waals surface area contributed by atoms with E-state index in [4.69, 9.17) is 23.2 Å². The van der Waals surface area contributed by atoms with Crippen LogP contribution in [0.4, 0.5) is 0 Å². The second-order valence-electron chi connectivity index (χ2n) is 4.16. The largest absolute Gasteiger partial charge is 0.246 e. The van der Waals surface area contributed by atoms with E-state index in [1.54, 1.807) is 0 Å². The number of benzene rings is 2. The van der Waals surface area contributed by atoms with Crippen molar-refractivity contribution < 1.29 is 0 Å². The lowest BCUT2D eigenvalue weighted by Gasteiger charge is -2.11. The number of para-hydroxylation sites is 2. The number of nitrogens with zero attached hydrogens (tertiary/aromatic N) is 2. The van der Waals surface area contributed by atoms with E-state index in [9.17, 15) is 0 Å². The summed E-state index contributed by atoms with van der Waals surface area (Å²) in [5.41, 5.74) is 3.11. The molecule has 0 N–H and O–H groups in total. The van der Waals surface area contributed by atoms with Gasteiger partial charge in [0.05, 0.1) is 11.0 Å². The number of aromatic nitrogens is 2. The van der Waals surface area contributed by atoms with E-state index in [2.05, 4.69) is 9.97 Å². The molecule has 94 valence electrons. The topological polar surface area (TPSA) is 25.8 Å². The molecular weight excluding hydrogens is 279 g/mol. The van der Waals surface area contributed by atoms with Gasteiger partial charge in [-0.05, 0) is 17.7 Å². The van der Waals surface area contributed by atoms with E-state index in [-0.39, 0.29) is 0 Å². The van der Waals surface area contributed by atoms with Gasteiger partial charge >= 0.3 is 0 Å². The van der Waals surface area contributed by atoms with Gasteiger partial charge in [0.2, 0.25) is 0 Å². The Bertz CT molecular complexity index is 714. The summed E-state index contributed by atoms with van der Waals surface area (Å²) in [5.74, 6) is 0. The van der Waals surface area contributed by atoms with Gasteiger partial charge in [0.15, 0.2) is 5.15 Å². The molecule has 0 aliphatic heterocycles. The van der Waals surface area contributed by atoms with Gasteiger partial charge in [-0.1, -0.05) is 54.1 Å². The molecule has 4 heteroatoms. The Kier molecular flexibility index (Phi) is 3.36. The molecule has 0 radical (unpaired) electrons. The van der Waals surface area contributed by atoms with Crippen molar-refractivity contribution in [3.63, 3.8) is 0 Å². The smallest absolute Gasteiger partial charge is 0.153 e. The van der Waals surface area contributed by atoms with Crippen molar-refractivity contribution in [2.75, 3.05) is 0 Å². The Hall–Kier alpha value is -1.64. The minimum atomic E-state index is -0.397. The van der Waals surface area contributed by atoms with Crippen molar-refractivity contribution in [3.05, 3.63) is 71.0 Å². The first-order valence-corrected chi connectivity index (χ1v) is 6.68. The standard InChI is InChI=1S/C15H10Cl2N2/c16-13(10-6-2-1-3-7-10)14-15(17)19-12-9-5-4-8-11(12)18-14/h1-9,13H/t13-/m1/s1. The van der Waals surface area contributed by atoms with E-state index in [0.29, 0.717) is 10.8 Å². The van der Waals surface area contributed by atoms with E-state index < -0.39 is 5.38 Å². The van der Waals surface area contributed by atoms with Crippen LogP contribution in [0.3, 0.4) is 0 Å². The lowest BCUT2D eigenvalue weighted by atomic mass is 10.1. The summed E-state index contributed by atoms with van der Waals surface area (Å²) in [6.45, 7) is 0. The number of rotatable bonds is 2. The van der Waals surface area contributed by atoms with Crippen LogP contribution in [0.25, 0.3) is 11.0 Å². The zero-order valence-electron chi connectivity index (χ0n) is 9.92. The quantitative estimate of drug-likeness (QED) is 0.644. The molecule has 0 saturated heterocycles. The van der Waals surface area contributed by atoms with Gasteiger partial charge in [0.25, 0.3) is 0 Å². The summed E-state index contributed by atoms with van der Waals surface area (Å²) >= 11 is 12.6. The van der Waals surface area contributed by atoms with Crippen molar-refractivity contribution in [1.82, 2.24) is 9.97 Å². The maximum Gasteiger partial charge on any atom is 0.153 e. The number of fused-ring (bicyclic) bond motifs is 1. The van der Waals surface area contributed by atoms with Crippen molar-refractivity contribution in [2.24, 2.45) is 0 Å². The van der Waals surface area contributed by atoms with E-state index in [0.717, 1.165) is 16.6 Å². The third-order valence-corrected chi connectivity index (χ3v) is 3.62.